The van der Waals surface area contributed by atoms with E-state index in [2.05, 4.69) is 4.90 Å². The van der Waals surface area contributed by atoms with Crippen molar-refractivity contribution >= 4 is 16.0 Å². The topological polar surface area (TPSA) is 66.9 Å². The second-order valence-corrected chi connectivity index (χ2v) is 8.78. The molecule has 152 valence electrons. The highest BCUT2D eigenvalue weighted by molar-refractivity contribution is 7.86. The van der Waals surface area contributed by atoms with Crippen LogP contribution in [0.2, 0.25) is 0 Å². The van der Waals surface area contributed by atoms with E-state index in [1.165, 1.54) is 0 Å². The predicted molar refractivity (Wildman–Crippen MR) is 106 cm³/mol. The van der Waals surface area contributed by atoms with E-state index in [0.29, 0.717) is 12.5 Å². The van der Waals surface area contributed by atoms with Crippen LogP contribution in [0.15, 0.2) is 29.2 Å². The number of nitrogens with zero attached hydrogens (tertiary/aromatic N) is 2. The number of piperidine rings is 1. The fraction of sp³-hybridized carbons (Fsp3) is 0.650. The van der Waals surface area contributed by atoms with Crippen molar-refractivity contribution in [3.8, 4) is 0 Å². The quantitative estimate of drug-likeness (QED) is 0.601. The first-order valence-corrected chi connectivity index (χ1v) is 11.2. The van der Waals surface area contributed by atoms with E-state index in [-0.39, 0.29) is 17.4 Å². The molecule has 0 unspecified atom stereocenters. The van der Waals surface area contributed by atoms with Crippen LogP contribution in [0.3, 0.4) is 0 Å². The maximum absolute atomic E-state index is 12.2. The standard InChI is InChI=1S/C20H32N2O4S/c1-4-22(5-2)20(23)16-21-13-10-18(11-14-21)12-15-26-27(24,25)19-8-6-17(3)7-9-19/h6-9,18H,4-5,10-16H2,1-3H3. The smallest absolute Gasteiger partial charge is 0.296 e. The lowest BCUT2D eigenvalue weighted by Gasteiger charge is -2.32. The number of hydrogen-bond donors (Lipinski definition) is 0. The van der Waals surface area contributed by atoms with Gasteiger partial charge in [0.2, 0.25) is 5.91 Å². The average molecular weight is 397 g/mol. The number of rotatable bonds is 9. The second-order valence-electron chi connectivity index (χ2n) is 7.16. The van der Waals surface area contributed by atoms with Crippen molar-refractivity contribution in [1.82, 2.24) is 9.80 Å². The molecule has 0 spiro atoms. The number of likely N-dealkylation sites (tertiary alicyclic amines) is 1. The molecule has 1 aliphatic rings. The summed E-state index contributed by atoms with van der Waals surface area (Å²) < 4.78 is 29.6. The van der Waals surface area contributed by atoms with Gasteiger partial charge in [0.05, 0.1) is 18.0 Å². The van der Waals surface area contributed by atoms with Crippen molar-refractivity contribution in [2.75, 3.05) is 39.3 Å². The molecule has 2 rings (SSSR count). The summed E-state index contributed by atoms with van der Waals surface area (Å²) in [5, 5.41) is 0. The third-order valence-electron chi connectivity index (χ3n) is 5.26. The molecule has 0 radical (unpaired) electrons. The first-order valence-electron chi connectivity index (χ1n) is 9.82. The molecule has 1 heterocycles. The Kier molecular flexibility index (Phi) is 8.26. The van der Waals surface area contributed by atoms with Gasteiger partial charge in [-0.05, 0) is 71.2 Å². The molecule has 6 nitrogen and oxygen atoms in total. The molecule has 27 heavy (non-hydrogen) atoms. The van der Waals surface area contributed by atoms with Gasteiger partial charge in [-0.3, -0.25) is 13.9 Å². The molecule has 0 aromatic heterocycles. The van der Waals surface area contributed by atoms with Crippen LogP contribution in [0.5, 0.6) is 0 Å². The molecule has 1 aliphatic heterocycles. The van der Waals surface area contributed by atoms with Crippen molar-refractivity contribution in [2.24, 2.45) is 5.92 Å². The largest absolute Gasteiger partial charge is 0.342 e. The maximum Gasteiger partial charge on any atom is 0.296 e. The van der Waals surface area contributed by atoms with Crippen LogP contribution < -0.4 is 0 Å². The number of hydrogen-bond acceptors (Lipinski definition) is 5. The minimum Gasteiger partial charge on any atom is -0.342 e. The van der Waals surface area contributed by atoms with Crippen molar-refractivity contribution in [2.45, 2.75) is 44.9 Å². The molecule has 1 saturated heterocycles. The van der Waals surface area contributed by atoms with Crippen LogP contribution in [-0.2, 0) is 19.1 Å². The first-order chi connectivity index (χ1) is 12.9. The average Bonchev–Trinajstić information content (AvgIpc) is 2.64. The van der Waals surface area contributed by atoms with E-state index in [0.717, 1.165) is 51.0 Å². The zero-order valence-corrected chi connectivity index (χ0v) is 17.5. The summed E-state index contributed by atoms with van der Waals surface area (Å²) >= 11 is 0. The number of carbonyl (C=O) groups excluding carboxylic acids is 1. The van der Waals surface area contributed by atoms with Crippen LogP contribution in [0.1, 0.15) is 38.7 Å². The predicted octanol–water partition coefficient (Wildman–Crippen LogP) is 2.67. The minimum absolute atomic E-state index is 0.186. The normalized spacial score (nSPS) is 16.4. The molecule has 0 aliphatic carbocycles. The fourth-order valence-electron chi connectivity index (χ4n) is 3.40. The van der Waals surface area contributed by atoms with Gasteiger partial charge in [-0.2, -0.15) is 8.42 Å². The number of likely N-dealkylation sites (N-methyl/N-ethyl adjacent to an activating group) is 1. The van der Waals surface area contributed by atoms with Gasteiger partial charge in [0.15, 0.2) is 0 Å². The SMILES string of the molecule is CCN(CC)C(=O)CN1CCC(CCOS(=O)(=O)c2ccc(C)cc2)CC1. The van der Waals surface area contributed by atoms with Gasteiger partial charge in [-0.25, -0.2) is 0 Å². The summed E-state index contributed by atoms with van der Waals surface area (Å²) in [5.74, 6) is 0.629. The third-order valence-corrected chi connectivity index (χ3v) is 6.58. The Morgan fingerprint density at radius 1 is 1.15 bits per heavy atom. The van der Waals surface area contributed by atoms with Crippen molar-refractivity contribution in [1.29, 1.82) is 0 Å². The molecule has 1 aromatic carbocycles. The molecule has 1 aromatic rings. The van der Waals surface area contributed by atoms with E-state index in [1.54, 1.807) is 24.3 Å². The Labute approximate surface area is 163 Å². The first kappa shape index (κ1) is 21.9. The summed E-state index contributed by atoms with van der Waals surface area (Å²) in [6.07, 6.45) is 2.67. The van der Waals surface area contributed by atoms with Crippen LogP contribution >= 0.6 is 0 Å². The third kappa shape index (κ3) is 6.59. The summed E-state index contributed by atoms with van der Waals surface area (Å²) in [6, 6.07) is 6.70. The Morgan fingerprint density at radius 2 is 1.74 bits per heavy atom. The molecule has 0 saturated carbocycles. The van der Waals surface area contributed by atoms with Gasteiger partial charge in [-0.1, -0.05) is 17.7 Å². The lowest BCUT2D eigenvalue weighted by Crippen LogP contribution is -2.43. The molecular formula is C20H32N2O4S. The molecule has 0 bridgehead atoms. The molecular weight excluding hydrogens is 364 g/mol. The Bertz CT molecular complexity index is 691. The van der Waals surface area contributed by atoms with E-state index < -0.39 is 10.1 Å². The fourth-order valence-corrected chi connectivity index (χ4v) is 4.32. The van der Waals surface area contributed by atoms with Crippen LogP contribution in [-0.4, -0.2) is 63.5 Å². The lowest BCUT2D eigenvalue weighted by atomic mass is 9.94. The molecule has 1 fully saturated rings. The molecule has 0 atom stereocenters. The summed E-state index contributed by atoms with van der Waals surface area (Å²) in [7, 11) is -3.68. The molecule has 1 amide bonds. The summed E-state index contributed by atoms with van der Waals surface area (Å²) in [6.45, 7) is 9.85. The van der Waals surface area contributed by atoms with Gasteiger partial charge in [0.1, 0.15) is 0 Å². The zero-order valence-electron chi connectivity index (χ0n) is 16.7. The second kappa shape index (κ2) is 10.2. The lowest BCUT2D eigenvalue weighted by molar-refractivity contribution is -0.132. The Balaban J connectivity index is 1.72. The zero-order chi connectivity index (χ0) is 19.9. The highest BCUT2D eigenvalue weighted by Crippen LogP contribution is 2.22. The van der Waals surface area contributed by atoms with Gasteiger partial charge >= 0.3 is 0 Å². The molecule has 0 N–H and O–H groups in total. The van der Waals surface area contributed by atoms with Crippen molar-refractivity contribution in [3.63, 3.8) is 0 Å². The van der Waals surface area contributed by atoms with Crippen LogP contribution in [0.25, 0.3) is 0 Å². The van der Waals surface area contributed by atoms with Crippen LogP contribution in [0.4, 0.5) is 0 Å². The van der Waals surface area contributed by atoms with E-state index in [1.807, 2.05) is 25.7 Å². The highest BCUT2D eigenvalue weighted by atomic mass is 32.2. The van der Waals surface area contributed by atoms with Crippen LogP contribution in [0, 0.1) is 12.8 Å². The summed E-state index contributed by atoms with van der Waals surface area (Å²) in [4.78, 5) is 16.4. The monoisotopic (exact) mass is 396 g/mol. The minimum atomic E-state index is -3.68. The number of benzene rings is 1. The van der Waals surface area contributed by atoms with E-state index in [9.17, 15) is 13.2 Å². The number of carbonyl (C=O) groups is 1. The Morgan fingerprint density at radius 3 is 2.30 bits per heavy atom. The van der Waals surface area contributed by atoms with E-state index >= 15 is 0 Å². The highest BCUT2D eigenvalue weighted by Gasteiger charge is 2.23. The van der Waals surface area contributed by atoms with Gasteiger partial charge in [-0.15, -0.1) is 0 Å². The molecule has 7 heteroatoms. The van der Waals surface area contributed by atoms with Gasteiger partial charge < -0.3 is 4.90 Å². The van der Waals surface area contributed by atoms with Gasteiger partial charge in [0, 0.05) is 13.1 Å². The van der Waals surface area contributed by atoms with Gasteiger partial charge in [0.25, 0.3) is 10.1 Å². The Hall–Kier alpha value is -1.44. The van der Waals surface area contributed by atoms with E-state index in [4.69, 9.17) is 4.18 Å². The number of aryl methyl sites for hydroxylation is 1. The van der Waals surface area contributed by atoms with Crippen molar-refractivity contribution in [3.05, 3.63) is 29.8 Å². The maximum atomic E-state index is 12.2. The van der Waals surface area contributed by atoms with Crippen molar-refractivity contribution < 1.29 is 17.4 Å². The summed E-state index contributed by atoms with van der Waals surface area (Å²) in [5.41, 5.74) is 1.01. The number of amides is 1.